The molecular weight excluding hydrogens is 561 g/mol. The number of hydrogen-bond acceptors (Lipinski definition) is 10. The Bertz CT molecular complexity index is 1040. The summed E-state index contributed by atoms with van der Waals surface area (Å²) in [6.45, 7) is 8.06. The monoisotopic (exact) mass is 598 g/mol. The van der Waals surface area contributed by atoms with Crippen LogP contribution < -0.4 is 16.5 Å². The molecule has 0 saturated carbocycles. The lowest BCUT2D eigenvalue weighted by Gasteiger charge is -2.33. The number of phenols is 1. The molecule has 0 bridgehead atoms. The number of halogens is 3. The van der Waals surface area contributed by atoms with Gasteiger partial charge in [-0.05, 0) is 46.8 Å². The standard InChI is InChI=1S/C10H14ClF2N3O3.C8H18NO3P.C6H6O/c1-5(19-2)7(17)10(11,4-12)16-3-6(13)8(14)15-9(16)18;1-5-11-13-9-7(4)8(10)12-6(2)3;7-6-4-2-1-3-5-6/h3,5,7,17H,4H2,1-2H3,(H2,14,15,18);6-7,9,13H,5H2,1-4H3;1-5,7H. The van der Waals surface area contributed by atoms with Gasteiger partial charge in [-0.25, -0.2) is 13.6 Å². The number of hydrogen-bond donors (Lipinski definition) is 4. The smallest absolute Gasteiger partial charge is 0.351 e. The van der Waals surface area contributed by atoms with Crippen LogP contribution in [0.3, 0.4) is 0 Å². The van der Waals surface area contributed by atoms with Crippen molar-refractivity contribution in [1.82, 2.24) is 14.6 Å². The maximum Gasteiger partial charge on any atom is 0.351 e. The molecule has 39 heavy (non-hydrogen) atoms. The van der Waals surface area contributed by atoms with Gasteiger partial charge in [0.05, 0.1) is 27.4 Å². The number of nitrogen functional groups attached to an aromatic ring is 1. The Hall–Kier alpha value is -2.41. The number of ether oxygens (including phenoxy) is 2. The van der Waals surface area contributed by atoms with Crippen molar-refractivity contribution in [3.05, 3.63) is 52.8 Å². The van der Waals surface area contributed by atoms with Gasteiger partial charge in [0.15, 0.2) is 16.6 Å². The summed E-state index contributed by atoms with van der Waals surface area (Å²) >= 11 is 5.91. The van der Waals surface area contributed by atoms with Crippen molar-refractivity contribution in [1.29, 1.82) is 0 Å². The topological polar surface area (TPSA) is 158 Å². The molecule has 0 aliphatic carbocycles. The number of carbonyl (C=O) groups is 1. The molecular formula is C24H38ClF2N4O7P. The highest BCUT2D eigenvalue weighted by molar-refractivity contribution is 7.29. The van der Waals surface area contributed by atoms with Gasteiger partial charge in [0, 0.05) is 13.7 Å². The maximum atomic E-state index is 13.3. The van der Waals surface area contributed by atoms with Crippen LogP contribution in [0.2, 0.25) is 0 Å². The van der Waals surface area contributed by atoms with E-state index in [1.807, 2.05) is 26.8 Å². The average molecular weight is 599 g/mol. The molecule has 222 valence electrons. The Morgan fingerprint density at radius 3 is 2.31 bits per heavy atom. The third-order valence-corrected chi connectivity index (χ3v) is 6.21. The number of nitrogens with zero attached hydrogens (tertiary/aromatic N) is 2. The third-order valence-electron chi connectivity index (χ3n) is 4.72. The molecule has 0 fully saturated rings. The highest BCUT2D eigenvalue weighted by Gasteiger charge is 2.43. The Balaban J connectivity index is 0.000000620. The zero-order valence-corrected chi connectivity index (χ0v) is 24.5. The SMILES string of the molecule is CCOPNC(C)C(=O)OC(C)C.COC(C)C(O)C(Cl)(CF)n1cc(F)c(N)nc1=O.Oc1ccccc1. The van der Waals surface area contributed by atoms with E-state index >= 15 is 0 Å². The van der Waals surface area contributed by atoms with Crippen molar-refractivity contribution in [3.63, 3.8) is 0 Å². The zero-order chi connectivity index (χ0) is 30.2. The predicted octanol–water partition coefficient (Wildman–Crippen LogP) is 3.07. The van der Waals surface area contributed by atoms with Gasteiger partial charge >= 0.3 is 11.7 Å². The lowest BCUT2D eigenvalue weighted by molar-refractivity contribution is -0.148. The van der Waals surface area contributed by atoms with Crippen molar-refractivity contribution < 1.29 is 37.8 Å². The minimum Gasteiger partial charge on any atom is -0.508 e. The molecule has 5 unspecified atom stereocenters. The summed E-state index contributed by atoms with van der Waals surface area (Å²) in [5.41, 5.74) is 4.04. The van der Waals surface area contributed by atoms with Gasteiger partial charge in [0.1, 0.15) is 24.6 Å². The number of anilines is 1. The molecule has 1 aromatic carbocycles. The number of phenolic OH excluding ortho intramolecular Hbond substituents is 1. The van der Waals surface area contributed by atoms with Gasteiger partial charge in [-0.15, -0.1) is 0 Å². The second kappa shape index (κ2) is 18.8. The van der Waals surface area contributed by atoms with E-state index in [0.29, 0.717) is 23.1 Å². The number of esters is 1. The zero-order valence-electron chi connectivity index (χ0n) is 22.7. The normalized spacial score (nSPS) is 14.8. The Labute approximate surface area is 233 Å². The van der Waals surface area contributed by atoms with Gasteiger partial charge in [0.25, 0.3) is 0 Å². The first kappa shape index (κ1) is 36.6. The highest BCUT2D eigenvalue weighted by atomic mass is 35.5. The molecule has 1 heterocycles. The van der Waals surface area contributed by atoms with Crippen LogP contribution in [0.15, 0.2) is 41.3 Å². The maximum absolute atomic E-state index is 13.3. The Kier molecular flexibility index (Phi) is 17.6. The first-order chi connectivity index (χ1) is 18.2. The molecule has 0 spiro atoms. The second-order valence-corrected chi connectivity index (χ2v) is 9.62. The Morgan fingerprint density at radius 2 is 1.87 bits per heavy atom. The number of para-hydroxylation sites is 1. The summed E-state index contributed by atoms with van der Waals surface area (Å²) in [6, 6.07) is 8.41. The van der Waals surface area contributed by atoms with Gasteiger partial charge in [-0.1, -0.05) is 29.8 Å². The second-order valence-electron chi connectivity index (χ2n) is 8.19. The van der Waals surface area contributed by atoms with Crippen LogP contribution in [-0.4, -0.2) is 70.5 Å². The Morgan fingerprint density at radius 1 is 1.28 bits per heavy atom. The third kappa shape index (κ3) is 13.0. The van der Waals surface area contributed by atoms with Crippen LogP contribution in [0.4, 0.5) is 14.6 Å². The summed E-state index contributed by atoms with van der Waals surface area (Å²) < 4.78 is 41.9. The summed E-state index contributed by atoms with van der Waals surface area (Å²) in [6.07, 6.45) is -1.96. The molecule has 0 radical (unpaired) electrons. The quantitative estimate of drug-likeness (QED) is 0.131. The minimum atomic E-state index is -2.23. The summed E-state index contributed by atoms with van der Waals surface area (Å²) in [7, 11) is 1.42. The van der Waals surface area contributed by atoms with E-state index in [0.717, 1.165) is 0 Å². The van der Waals surface area contributed by atoms with E-state index in [1.165, 1.54) is 14.0 Å². The van der Waals surface area contributed by atoms with E-state index in [9.17, 15) is 23.5 Å². The minimum absolute atomic E-state index is 0.0628. The lowest BCUT2D eigenvalue weighted by atomic mass is 10.1. The predicted molar refractivity (Wildman–Crippen MR) is 147 cm³/mol. The van der Waals surface area contributed by atoms with Crippen molar-refractivity contribution in [3.8, 4) is 5.75 Å². The van der Waals surface area contributed by atoms with Crippen LogP contribution in [0.1, 0.15) is 34.6 Å². The first-order valence-corrected chi connectivity index (χ1v) is 13.1. The lowest BCUT2D eigenvalue weighted by Crippen LogP contribution is -2.52. The number of benzene rings is 1. The average Bonchev–Trinajstić information content (AvgIpc) is 2.90. The highest BCUT2D eigenvalue weighted by Crippen LogP contribution is 2.29. The van der Waals surface area contributed by atoms with Crippen molar-refractivity contribution >= 4 is 32.3 Å². The summed E-state index contributed by atoms with van der Waals surface area (Å²) in [5, 5.41) is 21.5. The molecule has 2 rings (SSSR count). The van der Waals surface area contributed by atoms with E-state index in [4.69, 9.17) is 36.4 Å². The molecule has 15 heteroatoms. The molecule has 1 aromatic heterocycles. The summed E-state index contributed by atoms with van der Waals surface area (Å²) in [4.78, 5) is 23.8. The fourth-order valence-corrected chi connectivity index (χ4v) is 3.33. The molecule has 0 aliphatic heterocycles. The number of aromatic nitrogens is 2. The number of nitrogens with one attached hydrogen (secondary N) is 1. The van der Waals surface area contributed by atoms with Crippen LogP contribution in [0, 0.1) is 5.82 Å². The fourth-order valence-electron chi connectivity index (χ4n) is 2.51. The largest absolute Gasteiger partial charge is 0.508 e. The van der Waals surface area contributed by atoms with Crippen LogP contribution >= 0.6 is 20.6 Å². The van der Waals surface area contributed by atoms with E-state index in [2.05, 4.69) is 10.1 Å². The molecule has 5 atom stereocenters. The summed E-state index contributed by atoms with van der Waals surface area (Å²) in [5.74, 6) is -1.59. The number of methoxy groups -OCH3 is 1. The molecule has 0 saturated heterocycles. The molecule has 2 aromatic rings. The van der Waals surface area contributed by atoms with E-state index < -0.39 is 41.2 Å². The molecule has 0 aliphatic rings. The van der Waals surface area contributed by atoms with Crippen LogP contribution in [-0.2, 0) is 23.8 Å². The number of aliphatic hydroxyl groups excluding tert-OH is 1. The number of alkyl halides is 2. The van der Waals surface area contributed by atoms with Gasteiger partial charge in [-0.2, -0.15) is 4.98 Å². The van der Waals surface area contributed by atoms with E-state index in [1.54, 1.807) is 31.2 Å². The van der Waals surface area contributed by atoms with Crippen molar-refractivity contribution in [2.45, 2.75) is 64.0 Å². The van der Waals surface area contributed by atoms with Crippen LogP contribution in [0.5, 0.6) is 5.75 Å². The van der Waals surface area contributed by atoms with Crippen LogP contribution in [0.25, 0.3) is 0 Å². The number of nitrogens with two attached hydrogens (primary N) is 1. The van der Waals surface area contributed by atoms with E-state index in [-0.39, 0.29) is 27.1 Å². The number of aromatic hydroxyl groups is 1. The van der Waals surface area contributed by atoms with Crippen molar-refractivity contribution in [2.24, 2.45) is 0 Å². The first-order valence-electron chi connectivity index (χ1n) is 11.8. The van der Waals surface area contributed by atoms with Gasteiger partial charge < -0.3 is 29.9 Å². The number of aliphatic hydroxyl groups is 1. The number of carbonyl (C=O) groups excluding carboxylic acids is 1. The van der Waals surface area contributed by atoms with Crippen molar-refractivity contribution in [2.75, 3.05) is 26.1 Å². The van der Waals surface area contributed by atoms with Gasteiger partial charge in [-0.3, -0.25) is 14.4 Å². The molecule has 11 nitrogen and oxygen atoms in total. The van der Waals surface area contributed by atoms with Gasteiger partial charge in [0.2, 0.25) is 0 Å². The molecule has 5 N–H and O–H groups in total. The fraction of sp³-hybridized carbons (Fsp3) is 0.542. The number of rotatable bonds is 11. The molecule has 0 amide bonds.